The monoisotopic (exact) mass is 284 g/mol. The van der Waals surface area contributed by atoms with Gasteiger partial charge >= 0.3 is 5.97 Å². The smallest absolute Gasteiger partial charge is 0.348 e. The minimum absolute atomic E-state index is 0.247. The molecule has 0 saturated carbocycles. The Morgan fingerprint density at radius 3 is 2.30 bits per heavy atom. The predicted octanol–water partition coefficient (Wildman–Crippen LogP) is 5.01. The van der Waals surface area contributed by atoms with Crippen LogP contribution in [0, 0.1) is 0 Å². The second kappa shape index (κ2) is 4.60. The van der Waals surface area contributed by atoms with Crippen molar-refractivity contribution in [2.24, 2.45) is 0 Å². The van der Waals surface area contributed by atoms with E-state index in [1.54, 1.807) is 0 Å². The zero-order valence-electron chi connectivity index (χ0n) is 11.8. The first-order valence-corrected chi connectivity index (χ1v) is 7.40. The number of ether oxygens (including phenoxy) is 1. The Hall–Kier alpha value is -1.87. The highest BCUT2D eigenvalue weighted by Gasteiger charge is 2.19. The highest BCUT2D eigenvalue weighted by molar-refractivity contribution is 7.20. The quantitative estimate of drug-likeness (QED) is 0.587. The van der Waals surface area contributed by atoms with E-state index in [0.717, 1.165) is 10.1 Å². The molecule has 0 radical (unpaired) electrons. The average Bonchev–Trinajstić information content (AvgIpc) is 2.76. The summed E-state index contributed by atoms with van der Waals surface area (Å²) in [4.78, 5) is 12.8. The van der Waals surface area contributed by atoms with Crippen LogP contribution in [0.1, 0.15) is 30.4 Å². The first-order chi connectivity index (χ1) is 9.42. The van der Waals surface area contributed by atoms with Gasteiger partial charge in [-0.3, -0.25) is 0 Å². The van der Waals surface area contributed by atoms with Gasteiger partial charge in [-0.25, -0.2) is 4.79 Å². The zero-order chi connectivity index (χ0) is 14.3. The van der Waals surface area contributed by atoms with Gasteiger partial charge in [-0.05, 0) is 55.1 Å². The van der Waals surface area contributed by atoms with E-state index in [1.165, 1.54) is 22.1 Å². The summed E-state index contributed by atoms with van der Waals surface area (Å²) in [5, 5.41) is 3.47. The van der Waals surface area contributed by atoms with Crippen molar-refractivity contribution in [2.75, 3.05) is 0 Å². The molecular weight excluding hydrogens is 268 g/mol. The van der Waals surface area contributed by atoms with E-state index in [2.05, 4.69) is 24.3 Å². The van der Waals surface area contributed by atoms with Crippen molar-refractivity contribution in [3.05, 3.63) is 47.3 Å². The van der Waals surface area contributed by atoms with Gasteiger partial charge in [0.05, 0.1) is 0 Å². The Morgan fingerprint density at radius 1 is 1.00 bits per heavy atom. The van der Waals surface area contributed by atoms with E-state index >= 15 is 0 Å². The SMILES string of the molecule is CC(C)(C)OC(=O)c1cc2cc3ccccc3cc2s1. The third kappa shape index (κ3) is 2.54. The second-order valence-corrected chi connectivity index (χ2v) is 6.93. The zero-order valence-corrected chi connectivity index (χ0v) is 12.6. The summed E-state index contributed by atoms with van der Waals surface area (Å²) in [7, 11) is 0. The molecule has 1 heterocycles. The molecule has 0 N–H and O–H groups in total. The van der Waals surface area contributed by atoms with Crippen molar-refractivity contribution in [2.45, 2.75) is 26.4 Å². The van der Waals surface area contributed by atoms with Gasteiger partial charge in [0.25, 0.3) is 0 Å². The molecule has 0 fully saturated rings. The van der Waals surface area contributed by atoms with Crippen LogP contribution in [-0.2, 0) is 4.74 Å². The number of esters is 1. The van der Waals surface area contributed by atoms with Crippen LogP contribution < -0.4 is 0 Å². The third-order valence-electron chi connectivity index (χ3n) is 2.98. The van der Waals surface area contributed by atoms with Crippen LogP contribution in [0.5, 0.6) is 0 Å². The molecule has 0 bridgehead atoms. The van der Waals surface area contributed by atoms with E-state index in [0.29, 0.717) is 4.88 Å². The largest absolute Gasteiger partial charge is 0.456 e. The lowest BCUT2D eigenvalue weighted by atomic mass is 10.1. The molecule has 0 atom stereocenters. The summed E-state index contributed by atoms with van der Waals surface area (Å²) in [5.74, 6) is -0.247. The molecule has 3 aromatic rings. The minimum Gasteiger partial charge on any atom is -0.456 e. The van der Waals surface area contributed by atoms with Crippen LogP contribution >= 0.6 is 11.3 Å². The highest BCUT2D eigenvalue weighted by atomic mass is 32.1. The molecule has 3 heteroatoms. The van der Waals surface area contributed by atoms with E-state index in [-0.39, 0.29) is 5.97 Å². The van der Waals surface area contributed by atoms with Gasteiger partial charge in [0, 0.05) is 4.70 Å². The number of carbonyl (C=O) groups is 1. The van der Waals surface area contributed by atoms with Gasteiger partial charge in [-0.1, -0.05) is 24.3 Å². The molecular formula is C17H16O2S. The number of rotatable bonds is 1. The topological polar surface area (TPSA) is 26.3 Å². The van der Waals surface area contributed by atoms with E-state index < -0.39 is 5.60 Å². The minimum atomic E-state index is -0.460. The van der Waals surface area contributed by atoms with Crippen LogP contribution in [0.2, 0.25) is 0 Å². The molecule has 2 aromatic carbocycles. The second-order valence-electron chi connectivity index (χ2n) is 5.85. The number of benzene rings is 2. The van der Waals surface area contributed by atoms with Crippen molar-refractivity contribution in [1.82, 2.24) is 0 Å². The third-order valence-corrected chi connectivity index (χ3v) is 4.06. The van der Waals surface area contributed by atoms with Crippen LogP contribution in [0.15, 0.2) is 42.5 Å². The first-order valence-electron chi connectivity index (χ1n) is 6.58. The van der Waals surface area contributed by atoms with Crippen LogP contribution in [0.25, 0.3) is 20.9 Å². The molecule has 0 aliphatic rings. The number of hydrogen-bond donors (Lipinski definition) is 0. The highest BCUT2D eigenvalue weighted by Crippen LogP contribution is 2.31. The fourth-order valence-corrected chi connectivity index (χ4v) is 3.13. The summed E-state index contributed by atoms with van der Waals surface area (Å²) in [5.41, 5.74) is -0.460. The predicted molar refractivity (Wildman–Crippen MR) is 84.5 cm³/mol. The molecule has 0 aliphatic heterocycles. The Morgan fingerprint density at radius 2 is 1.65 bits per heavy atom. The Balaban J connectivity index is 2.06. The Labute approximate surface area is 122 Å². The lowest BCUT2D eigenvalue weighted by Gasteiger charge is -2.18. The molecule has 102 valence electrons. The molecule has 0 amide bonds. The maximum atomic E-state index is 12.1. The van der Waals surface area contributed by atoms with Gasteiger partial charge in [0.1, 0.15) is 10.5 Å². The molecule has 0 spiro atoms. The standard InChI is InChI=1S/C17H16O2S/c1-17(2,3)19-16(18)15-10-13-8-11-6-4-5-7-12(11)9-14(13)20-15/h4-10H,1-3H3. The van der Waals surface area contributed by atoms with Crippen molar-refractivity contribution < 1.29 is 9.53 Å². The first kappa shape index (κ1) is 13.1. The maximum absolute atomic E-state index is 12.1. The fourth-order valence-electron chi connectivity index (χ4n) is 2.16. The van der Waals surface area contributed by atoms with Crippen LogP contribution in [-0.4, -0.2) is 11.6 Å². The van der Waals surface area contributed by atoms with Crippen LogP contribution in [0.3, 0.4) is 0 Å². The maximum Gasteiger partial charge on any atom is 0.348 e. The molecule has 0 aliphatic carbocycles. The number of thiophene rings is 1. The van der Waals surface area contributed by atoms with Gasteiger partial charge in [0.2, 0.25) is 0 Å². The van der Waals surface area contributed by atoms with Crippen LogP contribution in [0.4, 0.5) is 0 Å². The van der Waals surface area contributed by atoms with Gasteiger partial charge < -0.3 is 4.74 Å². The molecule has 0 unspecified atom stereocenters. The summed E-state index contributed by atoms with van der Waals surface area (Å²) in [6, 6.07) is 14.4. The number of fused-ring (bicyclic) bond motifs is 2. The Bertz CT molecular complexity index is 741. The molecule has 0 saturated heterocycles. The normalized spacial score (nSPS) is 11.9. The number of hydrogen-bond acceptors (Lipinski definition) is 3. The van der Waals surface area contributed by atoms with Gasteiger partial charge in [-0.15, -0.1) is 11.3 Å². The lowest BCUT2D eigenvalue weighted by molar-refractivity contribution is 0.00753. The Kier molecular flexibility index (Phi) is 3.02. The van der Waals surface area contributed by atoms with Crippen molar-refractivity contribution in [3.8, 4) is 0 Å². The van der Waals surface area contributed by atoms with Crippen molar-refractivity contribution in [3.63, 3.8) is 0 Å². The molecule has 2 nitrogen and oxygen atoms in total. The van der Waals surface area contributed by atoms with Gasteiger partial charge in [0.15, 0.2) is 0 Å². The summed E-state index contributed by atoms with van der Waals surface area (Å²) >= 11 is 1.49. The number of carbonyl (C=O) groups excluding carboxylic acids is 1. The van der Waals surface area contributed by atoms with E-state index in [1.807, 2.05) is 39.0 Å². The van der Waals surface area contributed by atoms with E-state index in [4.69, 9.17) is 4.74 Å². The van der Waals surface area contributed by atoms with E-state index in [9.17, 15) is 4.79 Å². The summed E-state index contributed by atoms with van der Waals surface area (Å²) < 4.78 is 6.54. The molecule has 20 heavy (non-hydrogen) atoms. The molecule has 1 aromatic heterocycles. The fraction of sp³-hybridized carbons (Fsp3) is 0.235. The summed E-state index contributed by atoms with van der Waals surface area (Å²) in [6.45, 7) is 5.64. The van der Waals surface area contributed by atoms with Gasteiger partial charge in [-0.2, -0.15) is 0 Å². The van der Waals surface area contributed by atoms with Crippen molar-refractivity contribution >= 4 is 38.2 Å². The lowest BCUT2D eigenvalue weighted by Crippen LogP contribution is -2.23. The van der Waals surface area contributed by atoms with Crippen molar-refractivity contribution in [1.29, 1.82) is 0 Å². The average molecular weight is 284 g/mol. The molecule has 3 rings (SSSR count). The summed E-state index contributed by atoms with van der Waals surface area (Å²) in [6.07, 6.45) is 0.